The highest BCUT2D eigenvalue weighted by Gasteiger charge is 2.51. The number of carbonyl (C=O) groups is 2. The van der Waals surface area contributed by atoms with Gasteiger partial charge in [0.1, 0.15) is 11.6 Å². The van der Waals surface area contributed by atoms with E-state index in [2.05, 4.69) is 0 Å². The first kappa shape index (κ1) is 7.92. The molecule has 2 unspecified atom stereocenters. The van der Waals surface area contributed by atoms with Crippen LogP contribution in [0.5, 0.6) is 0 Å². The smallest absolute Gasteiger partial charge is 0.148 e. The number of fused-ring (bicyclic) bond motifs is 2. The molecule has 0 radical (unpaired) electrons. The standard InChI is InChI=1S/C9H12O3/c10-5-9-2-1-6(4-9)7(11)3-8(9)12/h6,10H,1-5H2. The Labute approximate surface area is 70.8 Å². The minimum atomic E-state index is -0.529. The van der Waals surface area contributed by atoms with Crippen molar-refractivity contribution >= 4 is 11.6 Å². The summed E-state index contributed by atoms with van der Waals surface area (Å²) in [5, 5.41) is 9.09. The summed E-state index contributed by atoms with van der Waals surface area (Å²) in [6.07, 6.45) is 2.16. The molecule has 3 nitrogen and oxygen atoms in total. The first-order valence-electron chi connectivity index (χ1n) is 4.35. The molecule has 3 heteroatoms. The molecular weight excluding hydrogens is 156 g/mol. The number of ketones is 2. The van der Waals surface area contributed by atoms with Crippen LogP contribution in [0.4, 0.5) is 0 Å². The topological polar surface area (TPSA) is 54.4 Å². The molecule has 2 aliphatic rings. The van der Waals surface area contributed by atoms with Crippen LogP contribution < -0.4 is 0 Å². The Morgan fingerprint density at radius 1 is 1.50 bits per heavy atom. The maximum absolute atomic E-state index is 11.4. The lowest BCUT2D eigenvalue weighted by molar-refractivity contribution is -0.139. The summed E-state index contributed by atoms with van der Waals surface area (Å²) < 4.78 is 0. The van der Waals surface area contributed by atoms with E-state index in [0.29, 0.717) is 12.8 Å². The first-order chi connectivity index (χ1) is 5.68. The van der Waals surface area contributed by atoms with Crippen LogP contribution in [0.2, 0.25) is 0 Å². The summed E-state index contributed by atoms with van der Waals surface area (Å²) >= 11 is 0. The van der Waals surface area contributed by atoms with Crippen LogP contribution in [0.25, 0.3) is 0 Å². The van der Waals surface area contributed by atoms with E-state index in [9.17, 15) is 9.59 Å². The normalized spacial score (nSPS) is 40.6. The minimum Gasteiger partial charge on any atom is -0.395 e. The predicted molar refractivity (Wildman–Crippen MR) is 41.5 cm³/mol. The molecule has 12 heavy (non-hydrogen) atoms. The molecule has 2 saturated carbocycles. The number of Topliss-reactive ketones (excluding diaryl/α,β-unsaturated/α-hetero) is 2. The van der Waals surface area contributed by atoms with Gasteiger partial charge in [0, 0.05) is 5.92 Å². The molecule has 0 aromatic carbocycles. The van der Waals surface area contributed by atoms with Crippen molar-refractivity contribution in [2.75, 3.05) is 6.61 Å². The molecule has 0 aliphatic heterocycles. The van der Waals surface area contributed by atoms with Crippen LogP contribution in [-0.2, 0) is 9.59 Å². The lowest BCUT2D eigenvalue weighted by Gasteiger charge is -2.28. The number of carbonyl (C=O) groups excluding carboxylic acids is 2. The van der Waals surface area contributed by atoms with Crippen LogP contribution in [-0.4, -0.2) is 23.3 Å². The van der Waals surface area contributed by atoms with E-state index in [0.717, 1.165) is 6.42 Å². The second-order valence-electron chi connectivity index (χ2n) is 3.94. The third-order valence-corrected chi connectivity index (χ3v) is 3.29. The van der Waals surface area contributed by atoms with Crippen LogP contribution in [0.1, 0.15) is 25.7 Å². The summed E-state index contributed by atoms with van der Waals surface area (Å²) in [6, 6.07) is 0. The Balaban J connectivity index is 2.30. The SMILES string of the molecule is O=C1CC(=O)C2(CO)CCC1C2. The Morgan fingerprint density at radius 2 is 2.25 bits per heavy atom. The first-order valence-corrected chi connectivity index (χ1v) is 4.35. The molecule has 2 fully saturated rings. The molecule has 66 valence electrons. The van der Waals surface area contributed by atoms with E-state index in [4.69, 9.17) is 5.11 Å². The molecule has 2 bridgehead atoms. The third kappa shape index (κ3) is 0.860. The summed E-state index contributed by atoms with van der Waals surface area (Å²) in [4.78, 5) is 22.7. The average molecular weight is 168 g/mol. The van der Waals surface area contributed by atoms with E-state index < -0.39 is 5.41 Å². The zero-order chi connectivity index (χ0) is 8.77. The minimum absolute atomic E-state index is 0.0382. The number of hydrogen-bond acceptors (Lipinski definition) is 3. The summed E-state index contributed by atoms with van der Waals surface area (Å²) in [6.45, 7) is -0.0738. The van der Waals surface area contributed by atoms with Crippen LogP contribution >= 0.6 is 0 Å². The largest absolute Gasteiger partial charge is 0.395 e. The van der Waals surface area contributed by atoms with Crippen LogP contribution in [0.15, 0.2) is 0 Å². The van der Waals surface area contributed by atoms with Crippen LogP contribution in [0, 0.1) is 11.3 Å². The van der Waals surface area contributed by atoms with E-state index in [-0.39, 0.29) is 30.5 Å². The lowest BCUT2D eigenvalue weighted by Crippen LogP contribution is -2.38. The fraction of sp³-hybridized carbons (Fsp3) is 0.778. The van der Waals surface area contributed by atoms with Crippen molar-refractivity contribution in [3.05, 3.63) is 0 Å². The van der Waals surface area contributed by atoms with Gasteiger partial charge in [-0.05, 0) is 19.3 Å². The molecule has 0 spiro atoms. The fourth-order valence-electron chi connectivity index (χ4n) is 2.38. The summed E-state index contributed by atoms with van der Waals surface area (Å²) in [5.74, 6) is 0.111. The Morgan fingerprint density at radius 3 is 2.92 bits per heavy atom. The highest BCUT2D eigenvalue weighted by molar-refractivity contribution is 6.06. The van der Waals surface area contributed by atoms with Crippen molar-refractivity contribution in [2.24, 2.45) is 11.3 Å². The predicted octanol–water partition coefficient (Wildman–Crippen LogP) is 0.307. The molecular formula is C9H12O3. The van der Waals surface area contributed by atoms with Gasteiger partial charge in [-0.15, -0.1) is 0 Å². The van der Waals surface area contributed by atoms with Crippen molar-refractivity contribution in [3.8, 4) is 0 Å². The molecule has 0 amide bonds. The average Bonchev–Trinajstić information content (AvgIpc) is 2.44. The third-order valence-electron chi connectivity index (χ3n) is 3.29. The molecule has 2 atom stereocenters. The van der Waals surface area contributed by atoms with Gasteiger partial charge < -0.3 is 5.11 Å². The van der Waals surface area contributed by atoms with Gasteiger partial charge in [0.15, 0.2) is 0 Å². The zero-order valence-corrected chi connectivity index (χ0v) is 6.88. The van der Waals surface area contributed by atoms with Gasteiger partial charge in [0.25, 0.3) is 0 Å². The van der Waals surface area contributed by atoms with Crippen molar-refractivity contribution in [1.82, 2.24) is 0 Å². The Hall–Kier alpha value is -0.700. The number of aliphatic hydroxyl groups is 1. The molecule has 0 saturated heterocycles. The van der Waals surface area contributed by atoms with Gasteiger partial charge in [-0.2, -0.15) is 0 Å². The number of aliphatic hydroxyl groups excluding tert-OH is 1. The molecule has 2 aliphatic carbocycles. The van der Waals surface area contributed by atoms with E-state index >= 15 is 0 Å². The monoisotopic (exact) mass is 168 g/mol. The summed E-state index contributed by atoms with van der Waals surface area (Å²) in [5.41, 5.74) is -0.529. The zero-order valence-electron chi connectivity index (χ0n) is 6.88. The lowest BCUT2D eigenvalue weighted by atomic mass is 9.75. The van der Waals surface area contributed by atoms with Crippen molar-refractivity contribution < 1.29 is 14.7 Å². The van der Waals surface area contributed by atoms with Gasteiger partial charge in [0.2, 0.25) is 0 Å². The van der Waals surface area contributed by atoms with Gasteiger partial charge in [-0.25, -0.2) is 0 Å². The fourth-order valence-corrected chi connectivity index (χ4v) is 2.38. The Kier molecular flexibility index (Phi) is 1.58. The number of rotatable bonds is 1. The quantitative estimate of drug-likeness (QED) is 0.573. The van der Waals surface area contributed by atoms with Gasteiger partial charge in [-0.1, -0.05) is 0 Å². The maximum atomic E-state index is 11.4. The van der Waals surface area contributed by atoms with Crippen molar-refractivity contribution in [1.29, 1.82) is 0 Å². The summed E-state index contributed by atoms with van der Waals surface area (Å²) in [7, 11) is 0. The molecule has 2 rings (SSSR count). The maximum Gasteiger partial charge on any atom is 0.148 e. The van der Waals surface area contributed by atoms with Gasteiger partial charge in [0.05, 0.1) is 18.4 Å². The second-order valence-corrected chi connectivity index (χ2v) is 3.94. The van der Waals surface area contributed by atoms with Gasteiger partial charge >= 0.3 is 0 Å². The van der Waals surface area contributed by atoms with E-state index in [1.807, 2.05) is 0 Å². The highest BCUT2D eigenvalue weighted by atomic mass is 16.3. The van der Waals surface area contributed by atoms with E-state index in [1.54, 1.807) is 0 Å². The molecule has 1 N–H and O–H groups in total. The Bertz CT molecular complexity index is 246. The number of hydrogen-bond donors (Lipinski definition) is 1. The molecule has 0 heterocycles. The van der Waals surface area contributed by atoms with Crippen molar-refractivity contribution in [2.45, 2.75) is 25.7 Å². The van der Waals surface area contributed by atoms with Crippen molar-refractivity contribution in [3.63, 3.8) is 0 Å². The van der Waals surface area contributed by atoms with Crippen LogP contribution in [0.3, 0.4) is 0 Å². The second kappa shape index (κ2) is 2.39. The molecule has 0 aromatic heterocycles. The van der Waals surface area contributed by atoms with Gasteiger partial charge in [-0.3, -0.25) is 9.59 Å². The molecule has 0 aromatic rings. The highest BCUT2D eigenvalue weighted by Crippen LogP contribution is 2.47. The van der Waals surface area contributed by atoms with E-state index in [1.165, 1.54) is 0 Å².